The minimum absolute atomic E-state index is 0.108. The number of aromatic nitrogens is 1. The molecule has 0 bridgehead atoms. The molecule has 4 nitrogen and oxygen atoms in total. The molecule has 0 aliphatic heterocycles. The molecule has 1 saturated carbocycles. The van der Waals surface area contributed by atoms with Crippen molar-refractivity contribution in [1.82, 2.24) is 10.3 Å². The Labute approximate surface area is 86.5 Å². The number of hydrogen-bond donors (Lipinski definition) is 2. The van der Waals surface area contributed by atoms with Gasteiger partial charge in [-0.1, -0.05) is 11.6 Å². The summed E-state index contributed by atoms with van der Waals surface area (Å²) in [6.07, 6.45) is 2.36. The van der Waals surface area contributed by atoms with Crippen molar-refractivity contribution in [2.45, 2.75) is 18.5 Å². The summed E-state index contributed by atoms with van der Waals surface area (Å²) in [7, 11) is 0. The molecule has 3 N–H and O–H groups in total. The van der Waals surface area contributed by atoms with E-state index in [0.29, 0.717) is 10.7 Å². The largest absolute Gasteiger partial charge is 0.348 e. The second kappa shape index (κ2) is 3.55. The Bertz CT molecular complexity index is 369. The van der Waals surface area contributed by atoms with Crippen molar-refractivity contribution in [3.8, 4) is 0 Å². The summed E-state index contributed by atoms with van der Waals surface area (Å²) in [5, 5.41) is 3.11. The molecule has 1 aromatic heterocycles. The fourth-order valence-electron chi connectivity index (χ4n) is 1.18. The molecule has 2 atom stereocenters. The van der Waals surface area contributed by atoms with Gasteiger partial charge in [-0.15, -0.1) is 0 Å². The van der Waals surface area contributed by atoms with Crippen LogP contribution in [0.3, 0.4) is 0 Å². The number of nitrogens with one attached hydrogen (secondary N) is 1. The van der Waals surface area contributed by atoms with Crippen LogP contribution in [0.4, 0.5) is 0 Å². The average molecular weight is 212 g/mol. The third-order valence-corrected chi connectivity index (χ3v) is 2.35. The van der Waals surface area contributed by atoms with E-state index in [1.165, 1.54) is 12.3 Å². The molecule has 2 unspecified atom stereocenters. The predicted molar refractivity (Wildman–Crippen MR) is 53.1 cm³/mol. The molecule has 0 saturated heterocycles. The number of carbonyl (C=O) groups is 1. The Morgan fingerprint density at radius 1 is 1.71 bits per heavy atom. The van der Waals surface area contributed by atoms with Crippen molar-refractivity contribution in [3.05, 3.63) is 29.0 Å². The maximum absolute atomic E-state index is 11.5. The van der Waals surface area contributed by atoms with Gasteiger partial charge < -0.3 is 11.1 Å². The molecular weight excluding hydrogens is 202 g/mol. The van der Waals surface area contributed by atoms with Crippen LogP contribution in [-0.2, 0) is 0 Å². The van der Waals surface area contributed by atoms with E-state index in [4.69, 9.17) is 17.3 Å². The topological polar surface area (TPSA) is 68.0 Å². The zero-order chi connectivity index (χ0) is 10.1. The molecule has 0 radical (unpaired) electrons. The van der Waals surface area contributed by atoms with Gasteiger partial charge in [-0.2, -0.15) is 0 Å². The Kier molecular flexibility index (Phi) is 2.39. The van der Waals surface area contributed by atoms with E-state index in [1.54, 1.807) is 6.07 Å². The van der Waals surface area contributed by atoms with Gasteiger partial charge in [-0.05, 0) is 18.6 Å². The number of carbonyl (C=O) groups excluding carboxylic acids is 1. The third-order valence-electron chi connectivity index (χ3n) is 2.15. The lowest BCUT2D eigenvalue weighted by Crippen LogP contribution is -2.29. The minimum atomic E-state index is -0.146. The molecule has 1 aliphatic rings. The highest BCUT2D eigenvalue weighted by molar-refractivity contribution is 6.29. The van der Waals surface area contributed by atoms with E-state index in [9.17, 15) is 4.79 Å². The number of halogens is 1. The van der Waals surface area contributed by atoms with E-state index in [2.05, 4.69) is 10.3 Å². The maximum Gasteiger partial charge on any atom is 0.251 e. The van der Waals surface area contributed by atoms with Crippen molar-refractivity contribution in [2.24, 2.45) is 5.73 Å². The number of nitrogens with two attached hydrogens (primary N) is 1. The smallest absolute Gasteiger partial charge is 0.251 e. The average Bonchev–Trinajstić information content (AvgIpc) is 2.81. The van der Waals surface area contributed by atoms with Gasteiger partial charge in [0.2, 0.25) is 0 Å². The first-order chi connectivity index (χ1) is 6.66. The van der Waals surface area contributed by atoms with E-state index in [-0.39, 0.29) is 18.0 Å². The van der Waals surface area contributed by atoms with Crippen molar-refractivity contribution in [1.29, 1.82) is 0 Å². The highest BCUT2D eigenvalue weighted by Crippen LogP contribution is 2.18. The zero-order valence-electron chi connectivity index (χ0n) is 7.40. The lowest BCUT2D eigenvalue weighted by atomic mass is 10.2. The van der Waals surface area contributed by atoms with Gasteiger partial charge in [-0.3, -0.25) is 4.79 Å². The molecule has 1 amide bonds. The number of amides is 1. The van der Waals surface area contributed by atoms with Crippen LogP contribution in [0.2, 0.25) is 5.15 Å². The summed E-state index contributed by atoms with van der Waals surface area (Å²) < 4.78 is 0. The third kappa shape index (κ3) is 2.02. The van der Waals surface area contributed by atoms with Crippen LogP contribution in [-0.4, -0.2) is 23.0 Å². The minimum Gasteiger partial charge on any atom is -0.348 e. The molecular formula is C9H10ClN3O. The molecule has 0 spiro atoms. The molecule has 14 heavy (non-hydrogen) atoms. The zero-order valence-corrected chi connectivity index (χ0v) is 8.16. The summed E-state index contributed by atoms with van der Waals surface area (Å²) in [6, 6.07) is 3.38. The Morgan fingerprint density at radius 3 is 3.00 bits per heavy atom. The summed E-state index contributed by atoms with van der Waals surface area (Å²) in [5.74, 6) is -0.146. The second-order valence-corrected chi connectivity index (χ2v) is 3.73. The first-order valence-corrected chi connectivity index (χ1v) is 4.72. The second-order valence-electron chi connectivity index (χ2n) is 3.35. The predicted octanol–water partition coefficient (Wildman–Crippen LogP) is 0.564. The Morgan fingerprint density at radius 2 is 2.43 bits per heavy atom. The van der Waals surface area contributed by atoms with Crippen LogP contribution in [0, 0.1) is 0 Å². The molecule has 1 aromatic rings. The lowest BCUT2D eigenvalue weighted by Gasteiger charge is -2.03. The lowest BCUT2D eigenvalue weighted by molar-refractivity contribution is 0.0950. The van der Waals surface area contributed by atoms with E-state index >= 15 is 0 Å². The van der Waals surface area contributed by atoms with Gasteiger partial charge in [-0.25, -0.2) is 4.98 Å². The number of rotatable bonds is 2. The monoisotopic (exact) mass is 211 g/mol. The first kappa shape index (κ1) is 9.43. The van der Waals surface area contributed by atoms with Crippen molar-refractivity contribution >= 4 is 17.5 Å². The molecule has 2 rings (SSSR count). The molecule has 1 fully saturated rings. The van der Waals surface area contributed by atoms with E-state index in [1.807, 2.05) is 0 Å². The highest BCUT2D eigenvalue weighted by atomic mass is 35.5. The highest BCUT2D eigenvalue weighted by Gasteiger charge is 2.34. The number of nitrogens with zero attached hydrogens (tertiary/aromatic N) is 1. The fraction of sp³-hybridized carbons (Fsp3) is 0.333. The van der Waals surface area contributed by atoms with Crippen LogP contribution >= 0.6 is 11.6 Å². The van der Waals surface area contributed by atoms with Crippen LogP contribution in [0.15, 0.2) is 18.3 Å². The van der Waals surface area contributed by atoms with Gasteiger partial charge in [0.25, 0.3) is 5.91 Å². The van der Waals surface area contributed by atoms with Gasteiger partial charge >= 0.3 is 0 Å². The summed E-state index contributed by atoms with van der Waals surface area (Å²) in [6.45, 7) is 0. The van der Waals surface area contributed by atoms with Crippen LogP contribution in [0.5, 0.6) is 0 Å². The maximum atomic E-state index is 11.5. The molecule has 0 aromatic carbocycles. The Hall–Kier alpha value is -1.13. The van der Waals surface area contributed by atoms with Crippen LogP contribution < -0.4 is 11.1 Å². The fourth-order valence-corrected chi connectivity index (χ4v) is 1.35. The van der Waals surface area contributed by atoms with E-state index in [0.717, 1.165) is 6.42 Å². The number of pyridine rings is 1. The molecule has 1 heterocycles. The molecule has 74 valence electrons. The number of hydrogen-bond acceptors (Lipinski definition) is 3. The summed E-state index contributed by atoms with van der Waals surface area (Å²) in [4.78, 5) is 15.3. The van der Waals surface area contributed by atoms with Crippen molar-refractivity contribution in [2.75, 3.05) is 0 Å². The molecule has 1 aliphatic carbocycles. The van der Waals surface area contributed by atoms with Gasteiger partial charge in [0.1, 0.15) is 5.15 Å². The normalized spacial score (nSPS) is 24.4. The van der Waals surface area contributed by atoms with E-state index < -0.39 is 0 Å². The molecule has 5 heteroatoms. The quantitative estimate of drug-likeness (QED) is 0.703. The standard InChI is InChI=1S/C9H10ClN3O/c10-8-3-5(1-2-12-8)9(14)13-7-4-6(7)11/h1-3,6-7H,4,11H2,(H,13,14). The van der Waals surface area contributed by atoms with Crippen molar-refractivity contribution in [3.63, 3.8) is 0 Å². The summed E-state index contributed by atoms with van der Waals surface area (Å²) in [5.41, 5.74) is 6.09. The van der Waals surface area contributed by atoms with Crippen molar-refractivity contribution < 1.29 is 4.79 Å². The van der Waals surface area contributed by atoms with Gasteiger partial charge in [0.15, 0.2) is 0 Å². The van der Waals surface area contributed by atoms with Gasteiger partial charge in [0.05, 0.1) is 0 Å². The van der Waals surface area contributed by atoms with Gasteiger partial charge in [0, 0.05) is 23.8 Å². The van der Waals surface area contributed by atoms with Crippen LogP contribution in [0.25, 0.3) is 0 Å². The van der Waals surface area contributed by atoms with Crippen LogP contribution in [0.1, 0.15) is 16.8 Å². The SMILES string of the molecule is NC1CC1NC(=O)c1ccnc(Cl)c1. The summed E-state index contributed by atoms with van der Waals surface area (Å²) >= 11 is 5.65. The first-order valence-electron chi connectivity index (χ1n) is 4.35. The Balaban J connectivity index is 2.03.